The lowest BCUT2D eigenvalue weighted by atomic mass is 10.2. The highest BCUT2D eigenvalue weighted by atomic mass is 16.5. The highest BCUT2D eigenvalue weighted by Gasteiger charge is 2.04. The maximum absolute atomic E-state index is 5.58. The zero-order valence-corrected chi connectivity index (χ0v) is 10.1. The van der Waals surface area contributed by atoms with Crippen molar-refractivity contribution in [2.45, 2.75) is 26.5 Å². The van der Waals surface area contributed by atoms with Crippen LogP contribution >= 0.6 is 0 Å². The summed E-state index contributed by atoms with van der Waals surface area (Å²) in [6.45, 7) is 4.44. The molecule has 0 aliphatic rings. The van der Waals surface area contributed by atoms with Crippen LogP contribution in [-0.4, -0.2) is 6.10 Å². The van der Waals surface area contributed by atoms with Gasteiger partial charge in [-0.3, -0.25) is 0 Å². The monoisotopic (exact) mass is 231 g/mol. The summed E-state index contributed by atoms with van der Waals surface area (Å²) in [6, 6.07) is 11.7. The van der Waals surface area contributed by atoms with Gasteiger partial charge in [-0.05, 0) is 50.2 Å². The maximum Gasteiger partial charge on any atom is 0.134 e. The fraction of sp³-hybridized carbons (Fsp3) is 0.286. The van der Waals surface area contributed by atoms with E-state index in [1.807, 2.05) is 50.2 Å². The van der Waals surface area contributed by atoms with Crippen molar-refractivity contribution in [3.63, 3.8) is 0 Å². The van der Waals surface area contributed by atoms with E-state index < -0.39 is 0 Å². The van der Waals surface area contributed by atoms with Crippen LogP contribution in [0.15, 0.2) is 40.8 Å². The molecule has 3 nitrogen and oxygen atoms in total. The first kappa shape index (κ1) is 11.7. The lowest BCUT2D eigenvalue weighted by molar-refractivity contribution is 0.242. The van der Waals surface area contributed by atoms with E-state index in [0.717, 1.165) is 22.8 Å². The molecule has 1 heterocycles. The van der Waals surface area contributed by atoms with Crippen molar-refractivity contribution < 1.29 is 9.15 Å². The lowest BCUT2D eigenvalue weighted by Gasteiger charge is -2.09. The lowest BCUT2D eigenvalue weighted by Crippen LogP contribution is -2.05. The van der Waals surface area contributed by atoms with Crippen LogP contribution in [0.2, 0.25) is 0 Å². The first-order valence-electron chi connectivity index (χ1n) is 5.75. The molecule has 2 aromatic rings. The molecule has 0 fully saturated rings. The van der Waals surface area contributed by atoms with Crippen molar-refractivity contribution >= 4 is 0 Å². The van der Waals surface area contributed by atoms with Gasteiger partial charge in [0, 0.05) is 5.56 Å². The van der Waals surface area contributed by atoms with E-state index in [2.05, 4.69) is 0 Å². The molecule has 0 saturated carbocycles. The van der Waals surface area contributed by atoms with E-state index in [4.69, 9.17) is 14.9 Å². The van der Waals surface area contributed by atoms with Gasteiger partial charge in [-0.15, -0.1) is 0 Å². The Hall–Kier alpha value is -1.74. The minimum atomic E-state index is 0.188. The summed E-state index contributed by atoms with van der Waals surface area (Å²) in [5, 5.41) is 0. The van der Waals surface area contributed by atoms with Gasteiger partial charge in [0.25, 0.3) is 0 Å². The Morgan fingerprint density at radius 2 is 1.82 bits per heavy atom. The molecule has 90 valence electrons. The molecule has 0 saturated heterocycles. The predicted octanol–water partition coefficient (Wildman–Crippen LogP) is 3.19. The molecule has 0 atom stereocenters. The van der Waals surface area contributed by atoms with Crippen molar-refractivity contribution in [1.82, 2.24) is 0 Å². The Bertz CT molecular complexity index is 471. The van der Waals surface area contributed by atoms with E-state index in [0.29, 0.717) is 6.54 Å². The van der Waals surface area contributed by atoms with Crippen LogP contribution in [0, 0.1) is 0 Å². The van der Waals surface area contributed by atoms with Crippen molar-refractivity contribution in [2.24, 2.45) is 5.73 Å². The quantitative estimate of drug-likeness (QED) is 0.879. The molecule has 0 amide bonds. The molecule has 3 heteroatoms. The third kappa shape index (κ3) is 2.88. The Morgan fingerprint density at radius 1 is 1.12 bits per heavy atom. The SMILES string of the molecule is CC(C)Oc1ccc(-c2ccc(CN)o2)cc1. The molecular weight excluding hydrogens is 214 g/mol. The van der Waals surface area contributed by atoms with Crippen LogP contribution in [-0.2, 0) is 6.54 Å². The molecule has 2 N–H and O–H groups in total. The van der Waals surface area contributed by atoms with E-state index >= 15 is 0 Å². The third-order valence-electron chi connectivity index (χ3n) is 2.37. The molecule has 1 aromatic heterocycles. The van der Waals surface area contributed by atoms with Gasteiger partial charge in [-0.25, -0.2) is 0 Å². The van der Waals surface area contributed by atoms with Crippen molar-refractivity contribution in [1.29, 1.82) is 0 Å². The van der Waals surface area contributed by atoms with Crippen LogP contribution in [0.5, 0.6) is 5.75 Å². The number of nitrogens with two attached hydrogens (primary N) is 1. The summed E-state index contributed by atoms with van der Waals surface area (Å²) >= 11 is 0. The second-order valence-corrected chi connectivity index (χ2v) is 4.16. The smallest absolute Gasteiger partial charge is 0.134 e. The number of hydrogen-bond acceptors (Lipinski definition) is 3. The van der Waals surface area contributed by atoms with Gasteiger partial charge in [0.05, 0.1) is 12.6 Å². The van der Waals surface area contributed by atoms with Crippen LogP contribution in [0.25, 0.3) is 11.3 Å². The maximum atomic E-state index is 5.58. The van der Waals surface area contributed by atoms with Gasteiger partial charge in [0.2, 0.25) is 0 Å². The van der Waals surface area contributed by atoms with Crippen molar-refractivity contribution in [3.8, 4) is 17.1 Å². The van der Waals surface area contributed by atoms with Gasteiger partial charge < -0.3 is 14.9 Å². The zero-order chi connectivity index (χ0) is 12.3. The Morgan fingerprint density at radius 3 is 2.35 bits per heavy atom. The molecule has 0 aliphatic heterocycles. The summed E-state index contributed by atoms with van der Waals surface area (Å²) in [7, 11) is 0. The number of furan rings is 1. The average Bonchev–Trinajstić information content (AvgIpc) is 2.78. The first-order chi connectivity index (χ1) is 8.19. The largest absolute Gasteiger partial charge is 0.491 e. The van der Waals surface area contributed by atoms with Gasteiger partial charge >= 0.3 is 0 Å². The summed E-state index contributed by atoms with van der Waals surface area (Å²) in [5.74, 6) is 2.50. The second kappa shape index (κ2) is 5.06. The average molecular weight is 231 g/mol. The zero-order valence-electron chi connectivity index (χ0n) is 10.1. The number of ether oxygens (including phenoxy) is 1. The minimum Gasteiger partial charge on any atom is -0.491 e. The summed E-state index contributed by atoms with van der Waals surface area (Å²) in [5.41, 5.74) is 6.53. The molecular formula is C14H17NO2. The topological polar surface area (TPSA) is 48.4 Å². The minimum absolute atomic E-state index is 0.188. The predicted molar refractivity (Wildman–Crippen MR) is 67.8 cm³/mol. The summed E-state index contributed by atoms with van der Waals surface area (Å²) in [4.78, 5) is 0. The third-order valence-corrected chi connectivity index (χ3v) is 2.37. The first-order valence-corrected chi connectivity index (χ1v) is 5.75. The number of rotatable bonds is 4. The Kier molecular flexibility index (Phi) is 3.49. The molecule has 0 spiro atoms. The standard InChI is InChI=1S/C14H17NO2/c1-10(2)16-12-5-3-11(4-6-12)14-8-7-13(9-15)17-14/h3-8,10H,9,15H2,1-2H3. The highest BCUT2D eigenvalue weighted by molar-refractivity contribution is 5.58. The summed E-state index contributed by atoms with van der Waals surface area (Å²) < 4.78 is 11.2. The van der Waals surface area contributed by atoms with Crippen LogP contribution in [0.1, 0.15) is 19.6 Å². The van der Waals surface area contributed by atoms with E-state index in [1.54, 1.807) is 0 Å². The fourth-order valence-corrected chi connectivity index (χ4v) is 1.61. The van der Waals surface area contributed by atoms with Gasteiger partial charge in [0.15, 0.2) is 0 Å². The van der Waals surface area contributed by atoms with Crippen LogP contribution < -0.4 is 10.5 Å². The van der Waals surface area contributed by atoms with Crippen LogP contribution in [0.4, 0.5) is 0 Å². The Labute approximate surface area is 101 Å². The molecule has 17 heavy (non-hydrogen) atoms. The second-order valence-electron chi connectivity index (χ2n) is 4.16. The van der Waals surface area contributed by atoms with Gasteiger partial charge in [-0.2, -0.15) is 0 Å². The fourth-order valence-electron chi connectivity index (χ4n) is 1.61. The van der Waals surface area contributed by atoms with E-state index in [-0.39, 0.29) is 6.10 Å². The molecule has 0 unspecified atom stereocenters. The molecule has 1 aromatic carbocycles. The van der Waals surface area contributed by atoms with E-state index in [9.17, 15) is 0 Å². The normalized spacial score (nSPS) is 10.8. The van der Waals surface area contributed by atoms with E-state index in [1.165, 1.54) is 0 Å². The Balaban J connectivity index is 2.17. The van der Waals surface area contributed by atoms with Gasteiger partial charge in [-0.1, -0.05) is 0 Å². The number of benzene rings is 1. The van der Waals surface area contributed by atoms with Crippen molar-refractivity contribution in [3.05, 3.63) is 42.2 Å². The summed E-state index contributed by atoms with van der Waals surface area (Å²) in [6.07, 6.45) is 0.188. The molecule has 0 aliphatic carbocycles. The number of hydrogen-bond donors (Lipinski definition) is 1. The molecule has 0 radical (unpaired) electrons. The highest BCUT2D eigenvalue weighted by Crippen LogP contribution is 2.24. The van der Waals surface area contributed by atoms with Crippen molar-refractivity contribution in [2.75, 3.05) is 0 Å². The molecule has 0 bridgehead atoms. The van der Waals surface area contributed by atoms with Gasteiger partial charge in [0.1, 0.15) is 17.3 Å². The van der Waals surface area contributed by atoms with Crippen LogP contribution in [0.3, 0.4) is 0 Å². The molecule has 2 rings (SSSR count).